The average Bonchev–Trinajstić information content (AvgIpc) is 2.34. The Morgan fingerprint density at radius 2 is 1.60 bits per heavy atom. The van der Waals surface area contributed by atoms with Crippen LogP contribution < -0.4 is 0 Å². The zero-order valence-corrected chi connectivity index (χ0v) is 10.4. The van der Waals surface area contributed by atoms with E-state index in [1.165, 1.54) is 19.1 Å². The largest absolute Gasteiger partial charge is 0.415 e. The van der Waals surface area contributed by atoms with E-state index in [4.69, 9.17) is 0 Å². The van der Waals surface area contributed by atoms with Gasteiger partial charge in [0, 0.05) is 5.56 Å². The Kier molecular flexibility index (Phi) is 3.67. The highest BCUT2D eigenvalue weighted by Gasteiger charge is 2.37. The van der Waals surface area contributed by atoms with E-state index in [1.54, 1.807) is 0 Å². The molecule has 0 N–H and O–H groups in total. The molecule has 0 fully saturated rings. The summed E-state index contributed by atoms with van der Waals surface area (Å²) in [6.07, 6.45) is -4.90. The predicted octanol–water partition coefficient (Wildman–Crippen LogP) is 5.24. The first-order valence-corrected chi connectivity index (χ1v) is 5.83. The van der Waals surface area contributed by atoms with E-state index in [2.05, 4.69) is 0 Å². The fourth-order valence-corrected chi connectivity index (χ4v) is 2.07. The lowest BCUT2D eigenvalue weighted by Gasteiger charge is -2.19. The second kappa shape index (κ2) is 5.00. The minimum absolute atomic E-state index is 0.0203. The van der Waals surface area contributed by atoms with Crippen molar-refractivity contribution in [3.05, 3.63) is 52.4 Å². The van der Waals surface area contributed by atoms with Gasteiger partial charge >= 0.3 is 6.18 Å². The summed E-state index contributed by atoms with van der Waals surface area (Å²) < 4.78 is 78.0. The molecule has 1 aliphatic carbocycles. The number of halogens is 6. The molecule has 0 heterocycles. The molecular formula is C14H10F6. The second-order valence-corrected chi connectivity index (χ2v) is 4.55. The highest BCUT2D eigenvalue weighted by molar-refractivity contribution is 5.70. The van der Waals surface area contributed by atoms with Crippen molar-refractivity contribution >= 4 is 5.57 Å². The lowest BCUT2D eigenvalue weighted by molar-refractivity contribution is -0.0957. The van der Waals surface area contributed by atoms with Gasteiger partial charge in [0.15, 0.2) is 11.6 Å². The van der Waals surface area contributed by atoms with Crippen LogP contribution in [0.15, 0.2) is 29.6 Å². The van der Waals surface area contributed by atoms with E-state index < -0.39 is 35.6 Å². The molecule has 0 atom stereocenters. The van der Waals surface area contributed by atoms with Gasteiger partial charge in [-0.3, -0.25) is 0 Å². The van der Waals surface area contributed by atoms with E-state index in [-0.39, 0.29) is 23.1 Å². The third kappa shape index (κ3) is 2.59. The van der Waals surface area contributed by atoms with Crippen LogP contribution in [0.1, 0.15) is 24.0 Å². The number of benzene rings is 1. The van der Waals surface area contributed by atoms with Crippen molar-refractivity contribution in [3.63, 3.8) is 0 Å². The Hall–Kier alpha value is -1.72. The third-order valence-corrected chi connectivity index (χ3v) is 3.20. The third-order valence-electron chi connectivity index (χ3n) is 3.20. The van der Waals surface area contributed by atoms with Crippen molar-refractivity contribution < 1.29 is 26.3 Å². The Bertz CT molecular complexity index is 607. The summed E-state index contributed by atoms with van der Waals surface area (Å²) in [6.45, 7) is 1.36. The van der Waals surface area contributed by atoms with Gasteiger partial charge in [0.1, 0.15) is 5.83 Å². The standard InChI is InChI=1S/C14H10F6/c1-7-2-4-9(13(17)12(7)16)8-3-5-10(11(15)6-8)14(18,19)20/h2,4,6H,3,5H2,1H3. The van der Waals surface area contributed by atoms with Gasteiger partial charge in [-0.2, -0.15) is 13.2 Å². The molecule has 20 heavy (non-hydrogen) atoms. The monoisotopic (exact) mass is 292 g/mol. The molecule has 0 unspecified atom stereocenters. The van der Waals surface area contributed by atoms with Gasteiger partial charge in [0.2, 0.25) is 0 Å². The van der Waals surface area contributed by atoms with Gasteiger partial charge in [-0.1, -0.05) is 12.1 Å². The first-order chi connectivity index (χ1) is 9.21. The summed E-state index contributed by atoms with van der Waals surface area (Å²) in [5.41, 5.74) is -1.37. The van der Waals surface area contributed by atoms with Crippen molar-refractivity contribution in [1.82, 2.24) is 0 Å². The van der Waals surface area contributed by atoms with Gasteiger partial charge in [0.05, 0.1) is 5.57 Å². The van der Waals surface area contributed by atoms with E-state index in [0.717, 1.165) is 0 Å². The molecule has 0 aromatic heterocycles. The van der Waals surface area contributed by atoms with Crippen LogP contribution in [0.3, 0.4) is 0 Å². The fourth-order valence-electron chi connectivity index (χ4n) is 2.07. The zero-order chi connectivity index (χ0) is 15.1. The maximum atomic E-state index is 13.7. The van der Waals surface area contributed by atoms with E-state index in [1.807, 2.05) is 0 Å². The molecule has 0 saturated heterocycles. The van der Waals surface area contributed by atoms with Crippen LogP contribution in [0.2, 0.25) is 0 Å². The molecule has 0 saturated carbocycles. The summed E-state index contributed by atoms with van der Waals surface area (Å²) in [5.74, 6) is -3.69. The molecule has 0 nitrogen and oxygen atoms in total. The quantitative estimate of drug-likeness (QED) is 0.621. The van der Waals surface area contributed by atoms with Crippen LogP contribution in [-0.4, -0.2) is 6.18 Å². The Labute approximate surface area is 111 Å². The average molecular weight is 292 g/mol. The number of alkyl halides is 3. The lowest BCUT2D eigenvalue weighted by Crippen LogP contribution is -2.15. The fraction of sp³-hybridized carbons (Fsp3) is 0.286. The predicted molar refractivity (Wildman–Crippen MR) is 62.5 cm³/mol. The first kappa shape index (κ1) is 14.7. The summed E-state index contributed by atoms with van der Waals surface area (Å²) in [5, 5.41) is 0. The minimum atomic E-state index is -4.75. The van der Waals surface area contributed by atoms with E-state index >= 15 is 0 Å². The van der Waals surface area contributed by atoms with Crippen molar-refractivity contribution in [1.29, 1.82) is 0 Å². The molecule has 6 heteroatoms. The molecule has 0 spiro atoms. The van der Waals surface area contributed by atoms with Crippen LogP contribution in [0.5, 0.6) is 0 Å². The molecule has 108 valence electrons. The van der Waals surface area contributed by atoms with Crippen LogP contribution in [0.25, 0.3) is 5.57 Å². The van der Waals surface area contributed by atoms with Gasteiger partial charge in [-0.25, -0.2) is 13.2 Å². The van der Waals surface area contributed by atoms with Crippen LogP contribution >= 0.6 is 0 Å². The van der Waals surface area contributed by atoms with E-state index in [0.29, 0.717) is 6.08 Å². The van der Waals surface area contributed by atoms with Crippen molar-refractivity contribution in [2.75, 3.05) is 0 Å². The molecule has 0 aliphatic heterocycles. The maximum Gasteiger partial charge on any atom is 0.415 e. The summed E-state index contributed by atoms with van der Waals surface area (Å²) in [4.78, 5) is 0. The normalized spacial score (nSPS) is 16.4. The SMILES string of the molecule is Cc1ccc(C2=CC(F)=C(C(F)(F)F)CC2)c(F)c1F. The van der Waals surface area contributed by atoms with Gasteiger partial charge in [0.25, 0.3) is 0 Å². The van der Waals surface area contributed by atoms with Gasteiger partial charge in [-0.05, 0) is 37.0 Å². The lowest BCUT2D eigenvalue weighted by atomic mass is 9.91. The molecular weight excluding hydrogens is 282 g/mol. The number of aryl methyl sites for hydroxylation is 1. The summed E-state index contributed by atoms with van der Waals surface area (Å²) in [6, 6.07) is 2.54. The summed E-state index contributed by atoms with van der Waals surface area (Å²) >= 11 is 0. The van der Waals surface area contributed by atoms with Gasteiger partial charge in [-0.15, -0.1) is 0 Å². The summed E-state index contributed by atoms with van der Waals surface area (Å²) in [7, 11) is 0. The van der Waals surface area contributed by atoms with Crippen LogP contribution in [0.4, 0.5) is 26.3 Å². The van der Waals surface area contributed by atoms with Crippen LogP contribution in [-0.2, 0) is 0 Å². The topological polar surface area (TPSA) is 0 Å². The number of hydrogen-bond acceptors (Lipinski definition) is 0. The van der Waals surface area contributed by atoms with Crippen molar-refractivity contribution in [2.45, 2.75) is 25.9 Å². The number of allylic oxidation sites excluding steroid dienone is 4. The number of rotatable bonds is 1. The first-order valence-electron chi connectivity index (χ1n) is 5.83. The smallest absolute Gasteiger partial charge is 0.207 e. The Morgan fingerprint density at radius 1 is 0.950 bits per heavy atom. The van der Waals surface area contributed by atoms with Crippen LogP contribution in [0, 0.1) is 18.6 Å². The molecule has 2 rings (SSSR count). The molecule has 1 aromatic rings. The minimum Gasteiger partial charge on any atom is -0.207 e. The Balaban J connectivity index is 2.47. The number of hydrogen-bond donors (Lipinski definition) is 0. The molecule has 0 radical (unpaired) electrons. The molecule has 0 bridgehead atoms. The van der Waals surface area contributed by atoms with Crippen molar-refractivity contribution in [2.24, 2.45) is 0 Å². The maximum absolute atomic E-state index is 13.7. The van der Waals surface area contributed by atoms with Crippen molar-refractivity contribution in [3.8, 4) is 0 Å². The zero-order valence-electron chi connectivity index (χ0n) is 10.4. The highest BCUT2D eigenvalue weighted by atomic mass is 19.4. The Morgan fingerprint density at radius 3 is 2.15 bits per heavy atom. The highest BCUT2D eigenvalue weighted by Crippen LogP contribution is 2.40. The van der Waals surface area contributed by atoms with Gasteiger partial charge < -0.3 is 0 Å². The van der Waals surface area contributed by atoms with E-state index in [9.17, 15) is 26.3 Å². The molecule has 1 aromatic carbocycles. The molecule has 1 aliphatic rings. The molecule has 0 amide bonds. The second-order valence-electron chi connectivity index (χ2n) is 4.55.